The lowest BCUT2D eigenvalue weighted by Crippen LogP contribution is -2.45. The van der Waals surface area contributed by atoms with Crippen LogP contribution in [0.5, 0.6) is 0 Å². The van der Waals surface area contributed by atoms with Crippen LogP contribution in [0.4, 0.5) is 0 Å². The number of hydrogen-bond acceptors (Lipinski definition) is 3. The molecular weight excluding hydrogens is 252 g/mol. The second-order valence-corrected chi connectivity index (χ2v) is 5.07. The molecule has 1 aromatic rings. The Morgan fingerprint density at radius 1 is 1.39 bits per heavy atom. The molecule has 0 aromatic heterocycles. The van der Waals surface area contributed by atoms with Gasteiger partial charge < -0.3 is 9.84 Å². The topological polar surface area (TPSA) is 46.5 Å². The molecule has 0 fully saturated rings. The van der Waals surface area contributed by atoms with Gasteiger partial charge in [-0.1, -0.05) is 44.2 Å². The lowest BCUT2D eigenvalue weighted by molar-refractivity contribution is -0.156. The second kappa shape index (κ2) is 6.21. The maximum Gasteiger partial charge on any atom is 0.337 e. The fraction of sp³-hybridized carbons (Fsp3) is 0.500. The first-order chi connectivity index (χ1) is 8.44. The Bertz CT molecular complexity index is 391. The highest BCUT2D eigenvalue weighted by molar-refractivity contribution is 6.26. The highest BCUT2D eigenvalue weighted by Gasteiger charge is 2.45. The Labute approximate surface area is 113 Å². The molecule has 2 atom stereocenters. The van der Waals surface area contributed by atoms with E-state index in [0.717, 1.165) is 0 Å². The largest absolute Gasteiger partial charge is 0.464 e. The molecule has 0 radical (unpaired) electrons. The molecule has 1 aromatic carbocycles. The molecule has 0 spiro atoms. The van der Waals surface area contributed by atoms with E-state index in [1.807, 2.05) is 32.0 Å². The van der Waals surface area contributed by atoms with Gasteiger partial charge in [-0.3, -0.25) is 0 Å². The number of halogens is 1. The summed E-state index contributed by atoms with van der Waals surface area (Å²) < 4.78 is 4.85. The van der Waals surface area contributed by atoms with Crippen LogP contribution in [-0.4, -0.2) is 23.8 Å². The van der Waals surface area contributed by atoms with Crippen molar-refractivity contribution >= 4 is 17.6 Å². The van der Waals surface area contributed by atoms with Gasteiger partial charge in [0.25, 0.3) is 0 Å². The minimum Gasteiger partial charge on any atom is -0.464 e. The third-order valence-corrected chi connectivity index (χ3v) is 3.83. The number of carbonyl (C=O) groups excluding carboxylic acids is 1. The van der Waals surface area contributed by atoms with Gasteiger partial charge in [0.1, 0.15) is 4.87 Å². The smallest absolute Gasteiger partial charge is 0.337 e. The molecule has 0 amide bonds. The van der Waals surface area contributed by atoms with Gasteiger partial charge in [-0.25, -0.2) is 4.79 Å². The standard InChI is InChI=1S/C14H19ClO3/c1-4-18-13(17)12(16)14(15,10(2)3)11-8-6-5-7-9-11/h5-10,12,16H,4H2,1-3H3/t12-,14+/m0/s1. The van der Waals surface area contributed by atoms with Crippen LogP contribution in [0.2, 0.25) is 0 Å². The average Bonchev–Trinajstić information content (AvgIpc) is 2.38. The molecule has 0 aliphatic rings. The minimum atomic E-state index is -1.39. The van der Waals surface area contributed by atoms with Crippen LogP contribution in [0.15, 0.2) is 30.3 Å². The molecule has 0 saturated carbocycles. The van der Waals surface area contributed by atoms with Gasteiger partial charge in [-0.2, -0.15) is 0 Å². The number of benzene rings is 1. The first-order valence-corrected chi connectivity index (χ1v) is 6.41. The van der Waals surface area contributed by atoms with Crippen molar-refractivity contribution in [2.75, 3.05) is 6.61 Å². The van der Waals surface area contributed by atoms with Crippen molar-refractivity contribution in [1.29, 1.82) is 0 Å². The Kier molecular flexibility index (Phi) is 5.17. The monoisotopic (exact) mass is 270 g/mol. The van der Waals surface area contributed by atoms with Crippen molar-refractivity contribution in [2.45, 2.75) is 31.7 Å². The molecule has 18 heavy (non-hydrogen) atoms. The molecule has 4 heteroatoms. The third-order valence-electron chi connectivity index (χ3n) is 2.96. The molecule has 3 nitrogen and oxygen atoms in total. The van der Waals surface area contributed by atoms with Gasteiger partial charge in [-0.15, -0.1) is 11.6 Å². The summed E-state index contributed by atoms with van der Waals surface area (Å²) in [5, 5.41) is 10.2. The number of rotatable bonds is 5. The maximum absolute atomic E-state index is 11.7. The van der Waals surface area contributed by atoms with Crippen LogP contribution in [-0.2, 0) is 14.4 Å². The first kappa shape index (κ1) is 15.0. The van der Waals surface area contributed by atoms with E-state index in [1.165, 1.54) is 0 Å². The highest BCUT2D eigenvalue weighted by atomic mass is 35.5. The van der Waals surface area contributed by atoms with E-state index in [-0.39, 0.29) is 12.5 Å². The van der Waals surface area contributed by atoms with Crippen LogP contribution in [0.25, 0.3) is 0 Å². The van der Waals surface area contributed by atoms with Crippen LogP contribution in [0.3, 0.4) is 0 Å². The zero-order valence-electron chi connectivity index (χ0n) is 10.9. The Hall–Kier alpha value is -1.06. The molecule has 0 bridgehead atoms. The van der Waals surface area contributed by atoms with Crippen LogP contribution in [0, 0.1) is 5.92 Å². The SMILES string of the molecule is CCOC(=O)[C@H](O)[C@](Cl)(c1ccccc1)C(C)C. The Morgan fingerprint density at radius 2 is 1.94 bits per heavy atom. The highest BCUT2D eigenvalue weighted by Crippen LogP contribution is 2.40. The predicted molar refractivity (Wildman–Crippen MR) is 71.5 cm³/mol. The van der Waals surface area contributed by atoms with Gasteiger partial charge in [0.05, 0.1) is 6.61 Å². The van der Waals surface area contributed by atoms with E-state index in [0.29, 0.717) is 5.56 Å². The summed E-state index contributed by atoms with van der Waals surface area (Å²) in [5.41, 5.74) is 0.710. The van der Waals surface area contributed by atoms with Crippen molar-refractivity contribution in [2.24, 2.45) is 5.92 Å². The molecule has 0 heterocycles. The quantitative estimate of drug-likeness (QED) is 0.661. The van der Waals surface area contributed by atoms with Crippen molar-refractivity contribution in [3.63, 3.8) is 0 Å². The van der Waals surface area contributed by atoms with Crippen LogP contribution in [0.1, 0.15) is 26.3 Å². The molecule has 0 aliphatic heterocycles. The van der Waals surface area contributed by atoms with Gasteiger partial charge in [0.15, 0.2) is 6.10 Å². The van der Waals surface area contributed by atoms with Crippen molar-refractivity contribution in [1.82, 2.24) is 0 Å². The fourth-order valence-electron chi connectivity index (χ4n) is 1.89. The van der Waals surface area contributed by atoms with Crippen LogP contribution >= 0.6 is 11.6 Å². The van der Waals surface area contributed by atoms with Gasteiger partial charge >= 0.3 is 5.97 Å². The molecule has 1 rings (SSSR count). The molecule has 0 saturated heterocycles. The van der Waals surface area contributed by atoms with Crippen molar-refractivity contribution < 1.29 is 14.6 Å². The zero-order valence-corrected chi connectivity index (χ0v) is 11.6. The average molecular weight is 271 g/mol. The Balaban J connectivity index is 3.12. The van der Waals surface area contributed by atoms with E-state index >= 15 is 0 Å². The van der Waals surface area contributed by atoms with E-state index in [2.05, 4.69) is 0 Å². The van der Waals surface area contributed by atoms with Crippen LogP contribution < -0.4 is 0 Å². The molecule has 100 valence electrons. The normalized spacial score (nSPS) is 16.1. The number of aliphatic hydroxyl groups is 1. The van der Waals surface area contributed by atoms with E-state index in [9.17, 15) is 9.90 Å². The maximum atomic E-state index is 11.7. The van der Waals surface area contributed by atoms with Crippen molar-refractivity contribution in [3.8, 4) is 0 Å². The molecule has 0 aliphatic carbocycles. The lowest BCUT2D eigenvalue weighted by Gasteiger charge is -2.34. The second-order valence-electron chi connectivity index (χ2n) is 4.44. The molecular formula is C14H19ClO3. The first-order valence-electron chi connectivity index (χ1n) is 6.03. The number of ether oxygens (including phenoxy) is 1. The van der Waals surface area contributed by atoms with Gasteiger partial charge in [0, 0.05) is 0 Å². The van der Waals surface area contributed by atoms with Gasteiger partial charge in [-0.05, 0) is 18.4 Å². The Morgan fingerprint density at radius 3 is 2.39 bits per heavy atom. The minimum absolute atomic E-state index is 0.124. The number of alkyl halides is 1. The molecule has 0 unspecified atom stereocenters. The van der Waals surface area contributed by atoms with E-state index < -0.39 is 16.9 Å². The van der Waals surface area contributed by atoms with Crippen molar-refractivity contribution in [3.05, 3.63) is 35.9 Å². The fourth-order valence-corrected chi connectivity index (χ4v) is 2.11. The van der Waals surface area contributed by atoms with E-state index in [1.54, 1.807) is 19.1 Å². The number of hydrogen-bond donors (Lipinski definition) is 1. The summed E-state index contributed by atoms with van der Waals surface area (Å²) >= 11 is 6.53. The summed E-state index contributed by atoms with van der Waals surface area (Å²) in [6, 6.07) is 9.11. The zero-order chi connectivity index (χ0) is 13.8. The predicted octanol–water partition coefficient (Wildman–Crippen LogP) is 2.70. The number of aliphatic hydroxyl groups excluding tert-OH is 1. The lowest BCUT2D eigenvalue weighted by atomic mass is 9.83. The van der Waals surface area contributed by atoms with E-state index in [4.69, 9.17) is 16.3 Å². The number of esters is 1. The summed E-state index contributed by atoms with van der Waals surface area (Å²) in [7, 11) is 0. The third kappa shape index (κ3) is 2.85. The summed E-state index contributed by atoms with van der Waals surface area (Å²) in [6.45, 7) is 5.64. The number of carbonyl (C=O) groups is 1. The summed E-state index contributed by atoms with van der Waals surface area (Å²) in [5.74, 6) is -0.814. The summed E-state index contributed by atoms with van der Waals surface area (Å²) in [4.78, 5) is 10.5. The molecule has 1 N–H and O–H groups in total. The summed E-state index contributed by atoms with van der Waals surface area (Å²) in [6.07, 6.45) is -1.39. The van der Waals surface area contributed by atoms with Gasteiger partial charge in [0.2, 0.25) is 0 Å².